The molecule has 50 heavy (non-hydrogen) atoms. The quantitative estimate of drug-likeness (QED) is 0.0789. The third kappa shape index (κ3) is 7.96. The molecule has 0 unspecified atom stereocenters. The summed E-state index contributed by atoms with van der Waals surface area (Å²) >= 11 is 0. The molecule has 0 atom stereocenters. The van der Waals surface area contributed by atoms with Crippen LogP contribution in [-0.4, -0.2) is 23.9 Å². The number of benzene rings is 3. The van der Waals surface area contributed by atoms with Crippen LogP contribution in [0.25, 0.3) is 33.2 Å². The van der Waals surface area contributed by atoms with Gasteiger partial charge in [-0.3, -0.25) is 9.78 Å². The molecule has 0 aliphatic heterocycles. The Hall–Kier alpha value is -2.85. The fourth-order valence-corrected chi connectivity index (χ4v) is 8.80. The van der Waals surface area contributed by atoms with Gasteiger partial charge in [0.2, 0.25) is 0 Å². The Labute approximate surface area is 317 Å². The van der Waals surface area contributed by atoms with Crippen molar-refractivity contribution in [2.45, 2.75) is 125 Å². The van der Waals surface area contributed by atoms with Crippen LogP contribution in [0.2, 0.25) is 19.6 Å². The predicted octanol–water partition coefficient (Wildman–Crippen LogP) is 12.0. The monoisotopic (exact) mass is 867 g/mol. The first-order valence-corrected chi connectivity index (χ1v) is 22.0. The third-order valence-electron chi connectivity index (χ3n) is 11.6. The Morgan fingerprint density at radius 1 is 0.840 bits per heavy atom. The number of hydrogen-bond donors (Lipinski definition) is 1. The second-order valence-corrected chi connectivity index (χ2v) is 21.3. The first-order chi connectivity index (χ1) is 22.9. The Morgan fingerprint density at radius 3 is 1.94 bits per heavy atom. The average Bonchev–Trinajstić information content (AvgIpc) is 3.05. The smallest absolute Gasteiger partial charge is 0.162 e. The summed E-state index contributed by atoms with van der Waals surface area (Å²) in [4.78, 5) is 16.7. The van der Waals surface area contributed by atoms with Crippen LogP contribution < -0.4 is 5.19 Å². The van der Waals surface area contributed by atoms with Crippen LogP contribution >= 0.6 is 0 Å². The van der Waals surface area contributed by atoms with E-state index >= 15 is 0 Å². The molecule has 5 heteroatoms. The molecule has 1 heterocycles. The summed E-state index contributed by atoms with van der Waals surface area (Å²) in [6.45, 7) is 29.4. The van der Waals surface area contributed by atoms with E-state index in [9.17, 15) is 9.90 Å². The van der Waals surface area contributed by atoms with Crippen LogP contribution in [0.1, 0.15) is 103 Å². The largest absolute Gasteiger partial charge is 0.512 e. The van der Waals surface area contributed by atoms with E-state index in [1.54, 1.807) is 0 Å². The zero-order valence-electron chi connectivity index (χ0n) is 32.9. The Balaban J connectivity index is 0.000000361. The minimum absolute atomic E-state index is 0. The van der Waals surface area contributed by atoms with E-state index in [4.69, 9.17) is 4.98 Å². The van der Waals surface area contributed by atoms with Gasteiger partial charge in [-0.05, 0) is 66.2 Å². The molecule has 1 aliphatic carbocycles. The summed E-state index contributed by atoms with van der Waals surface area (Å²) in [5.74, 6) is 0.547. The summed E-state index contributed by atoms with van der Waals surface area (Å²) in [5, 5.41) is 13.7. The third-order valence-corrected chi connectivity index (χ3v) is 13.7. The summed E-state index contributed by atoms with van der Waals surface area (Å²) in [5.41, 5.74) is 10.0. The minimum atomic E-state index is -1.34. The molecule has 1 aromatic heterocycles. The number of pyridine rings is 1. The summed E-state index contributed by atoms with van der Waals surface area (Å²) < 4.78 is 0. The van der Waals surface area contributed by atoms with E-state index in [1.807, 2.05) is 33.9 Å². The summed E-state index contributed by atoms with van der Waals surface area (Å²) in [6, 6.07) is 22.1. The molecule has 0 bridgehead atoms. The number of aromatic nitrogens is 1. The first-order valence-electron chi connectivity index (χ1n) is 18.5. The van der Waals surface area contributed by atoms with Crippen molar-refractivity contribution >= 4 is 29.8 Å². The molecule has 0 saturated heterocycles. The fourth-order valence-electron chi connectivity index (χ4n) is 7.63. The maximum absolute atomic E-state index is 11.7. The van der Waals surface area contributed by atoms with E-state index in [2.05, 4.69) is 116 Å². The molecule has 3 aromatic carbocycles. The van der Waals surface area contributed by atoms with Crippen molar-refractivity contribution in [1.82, 2.24) is 4.98 Å². The maximum Gasteiger partial charge on any atom is 0.162 e. The van der Waals surface area contributed by atoms with Crippen LogP contribution in [0.5, 0.6) is 0 Å². The second-order valence-electron chi connectivity index (χ2n) is 16.2. The van der Waals surface area contributed by atoms with Crippen LogP contribution in [0.4, 0.5) is 0 Å². The number of rotatable bonds is 9. The van der Waals surface area contributed by atoms with Crippen molar-refractivity contribution < 1.29 is 30.0 Å². The number of carbonyl (C=O) groups is 1. The Kier molecular flexibility index (Phi) is 13.5. The molecule has 271 valence electrons. The second kappa shape index (κ2) is 16.2. The predicted molar refractivity (Wildman–Crippen MR) is 214 cm³/mol. The number of aliphatic hydroxyl groups excluding tert-OH is 1. The molecule has 1 radical (unpaired) electrons. The van der Waals surface area contributed by atoms with Gasteiger partial charge in [-0.1, -0.05) is 146 Å². The molecule has 1 aliphatic rings. The molecular formula is C45H60IrNO2Si-. The van der Waals surface area contributed by atoms with Crippen LogP contribution in [0.15, 0.2) is 66.6 Å². The number of hydrogen-bond acceptors (Lipinski definition) is 3. The summed E-state index contributed by atoms with van der Waals surface area (Å²) in [7, 11) is -1.34. The molecule has 0 fully saturated rings. The average molecular weight is 867 g/mol. The number of ketones is 1. The minimum Gasteiger partial charge on any atom is -0.512 e. The van der Waals surface area contributed by atoms with Crippen molar-refractivity contribution in [3.63, 3.8) is 0 Å². The normalized spacial score (nSPS) is 14.8. The topological polar surface area (TPSA) is 50.2 Å². The zero-order chi connectivity index (χ0) is 36.5. The van der Waals surface area contributed by atoms with Crippen molar-refractivity contribution in [3.8, 4) is 22.4 Å². The SMILES string of the molecule is CCC(CC)C(=O)/C=C(\O)C(CC)CC.Cc1ccc2[c-]c3c(c(C)c2c1)C(C)(C)C(C)(C)c1c(-c2ccc([Si](C)(C)C)cc2)ccnc1-3.[Ir]. The van der Waals surface area contributed by atoms with Gasteiger partial charge in [-0.2, -0.15) is 0 Å². The summed E-state index contributed by atoms with van der Waals surface area (Å²) in [6.07, 6.45) is 6.89. The molecule has 0 saturated carbocycles. The van der Waals surface area contributed by atoms with Gasteiger partial charge >= 0.3 is 0 Å². The maximum atomic E-state index is 11.7. The van der Waals surface area contributed by atoms with E-state index in [1.165, 1.54) is 61.0 Å². The van der Waals surface area contributed by atoms with Crippen molar-refractivity contribution in [3.05, 3.63) is 94.9 Å². The Bertz CT molecular complexity index is 1840. The zero-order valence-corrected chi connectivity index (χ0v) is 36.3. The molecule has 1 N–H and O–H groups in total. The first kappa shape index (κ1) is 41.6. The molecular weight excluding hydrogens is 807 g/mol. The van der Waals surface area contributed by atoms with E-state index in [-0.39, 0.29) is 54.3 Å². The number of carbonyl (C=O) groups excluding carboxylic acids is 1. The van der Waals surface area contributed by atoms with E-state index < -0.39 is 8.07 Å². The number of aryl methyl sites for hydroxylation is 2. The molecule has 4 aromatic rings. The fraction of sp³-hybridized carbons (Fsp3) is 0.467. The van der Waals surface area contributed by atoms with Gasteiger partial charge in [0.15, 0.2) is 5.78 Å². The van der Waals surface area contributed by atoms with E-state index in [0.29, 0.717) is 0 Å². The van der Waals surface area contributed by atoms with Crippen molar-refractivity contribution in [1.29, 1.82) is 0 Å². The van der Waals surface area contributed by atoms with Crippen LogP contribution in [0.3, 0.4) is 0 Å². The van der Waals surface area contributed by atoms with Gasteiger partial charge in [-0.25, -0.2) is 0 Å². The van der Waals surface area contributed by atoms with Gasteiger partial charge in [0, 0.05) is 49.9 Å². The van der Waals surface area contributed by atoms with Crippen molar-refractivity contribution in [2.24, 2.45) is 11.8 Å². The number of nitrogens with zero attached hydrogens (tertiary/aromatic N) is 1. The van der Waals surface area contributed by atoms with Gasteiger partial charge in [-0.15, -0.1) is 23.1 Å². The van der Waals surface area contributed by atoms with E-state index in [0.717, 1.165) is 31.4 Å². The molecule has 0 amide bonds. The standard InChI is InChI=1S/C32H36NSi.C13H24O2.Ir/c1-20-10-11-23-19-27-28(21(2)26(23)18-20)31(3,4)32(5,6)29-25(16-17-33-30(27)29)22-12-14-24(15-13-22)34(7,8)9;1-5-10(6-2)12(14)9-13(15)11(7-3)8-4;/h10-18H,1-9H3;9-11,14H,5-8H2,1-4H3;/q-1;;/b;12-9-;. The molecule has 0 spiro atoms. The van der Waals surface area contributed by atoms with Gasteiger partial charge in [0.1, 0.15) is 0 Å². The number of aliphatic hydroxyl groups is 1. The van der Waals surface area contributed by atoms with Crippen LogP contribution in [-0.2, 0) is 35.7 Å². The van der Waals surface area contributed by atoms with Gasteiger partial charge < -0.3 is 5.11 Å². The van der Waals surface area contributed by atoms with Crippen LogP contribution in [0, 0.1) is 31.7 Å². The van der Waals surface area contributed by atoms with Crippen molar-refractivity contribution in [2.75, 3.05) is 0 Å². The van der Waals surface area contributed by atoms with Gasteiger partial charge in [0.25, 0.3) is 0 Å². The molecule has 3 nitrogen and oxygen atoms in total. The number of allylic oxidation sites excluding steroid dienone is 2. The van der Waals surface area contributed by atoms with Gasteiger partial charge in [0.05, 0.1) is 13.8 Å². The number of fused-ring (bicyclic) bond motifs is 4. The Morgan fingerprint density at radius 2 is 1.40 bits per heavy atom. The molecule has 5 rings (SSSR count).